The summed E-state index contributed by atoms with van der Waals surface area (Å²) in [5.74, 6) is 0.933. The minimum Gasteiger partial charge on any atom is -0.495 e. The number of benzene rings is 1. The fourth-order valence-corrected chi connectivity index (χ4v) is 1.63. The molecule has 1 heterocycles. The van der Waals surface area contributed by atoms with E-state index in [4.69, 9.17) is 4.74 Å². The normalized spacial score (nSPS) is 16.8. The Balaban J connectivity index is 2.20. The maximum Gasteiger partial charge on any atom is 0.142 e. The number of hydrogen-bond donors (Lipinski definition) is 0. The van der Waals surface area contributed by atoms with Crippen LogP contribution in [0.2, 0.25) is 0 Å². The van der Waals surface area contributed by atoms with Crippen molar-refractivity contribution in [2.45, 2.75) is 0 Å². The van der Waals surface area contributed by atoms with Gasteiger partial charge in [0, 0.05) is 19.6 Å². The molecule has 3 heteroatoms. The van der Waals surface area contributed by atoms with E-state index in [1.807, 2.05) is 24.7 Å². The summed E-state index contributed by atoms with van der Waals surface area (Å²) in [7, 11) is 1.71. The van der Waals surface area contributed by atoms with E-state index in [9.17, 15) is 0 Å². The Bertz CT molecular complexity index is 295. The van der Waals surface area contributed by atoms with Crippen LogP contribution < -0.4 is 15.0 Å². The molecule has 2 radical (unpaired) electrons. The quantitative estimate of drug-likeness (QED) is 0.702. The first-order valence-corrected chi connectivity index (χ1v) is 4.78. The molecule has 1 aliphatic heterocycles. The van der Waals surface area contributed by atoms with Gasteiger partial charge in [-0.05, 0) is 12.1 Å². The summed E-state index contributed by atoms with van der Waals surface area (Å²) < 4.78 is 5.31. The number of ether oxygens (including phenoxy) is 1. The Hall–Kier alpha value is -1.22. The van der Waals surface area contributed by atoms with Gasteiger partial charge in [-0.15, -0.1) is 0 Å². The van der Waals surface area contributed by atoms with Gasteiger partial charge in [-0.1, -0.05) is 12.1 Å². The third kappa shape index (κ3) is 1.82. The lowest BCUT2D eigenvalue weighted by atomic mass is 10.2. The minimum atomic E-state index is 0.873. The van der Waals surface area contributed by atoms with Gasteiger partial charge in [0.15, 0.2) is 0 Å². The molecule has 0 spiro atoms. The summed E-state index contributed by atoms with van der Waals surface area (Å²) in [5, 5.41) is 4.20. The molecule has 1 fully saturated rings. The number of rotatable bonds is 2. The third-order valence-electron chi connectivity index (χ3n) is 2.36. The Morgan fingerprint density at radius 2 is 2.21 bits per heavy atom. The second-order valence-corrected chi connectivity index (χ2v) is 3.21. The van der Waals surface area contributed by atoms with E-state index < -0.39 is 0 Å². The van der Waals surface area contributed by atoms with Gasteiger partial charge in [-0.25, -0.2) is 5.32 Å². The summed E-state index contributed by atoms with van der Waals surface area (Å²) in [4.78, 5) is 2.27. The van der Waals surface area contributed by atoms with E-state index in [0.29, 0.717) is 0 Å². The molecule has 14 heavy (non-hydrogen) atoms. The standard InChI is InChI=1S/C11H14N2O/c1-14-11-5-3-2-4-10(11)13-8-6-12-7-9-13/h2-6H,7-9H2,1H3. The largest absolute Gasteiger partial charge is 0.495 e. The smallest absolute Gasteiger partial charge is 0.142 e. The fraction of sp³-hybridized carbons (Fsp3) is 0.364. The molecule has 0 unspecified atom stereocenters. The van der Waals surface area contributed by atoms with Crippen molar-refractivity contribution in [3.63, 3.8) is 0 Å². The second-order valence-electron chi connectivity index (χ2n) is 3.21. The predicted molar refractivity (Wildman–Crippen MR) is 56.5 cm³/mol. The molecule has 0 amide bonds. The van der Waals surface area contributed by atoms with Crippen LogP contribution in [0, 0.1) is 6.54 Å². The van der Waals surface area contributed by atoms with Crippen molar-refractivity contribution in [3.8, 4) is 5.75 Å². The minimum absolute atomic E-state index is 0.873. The zero-order valence-corrected chi connectivity index (χ0v) is 8.31. The highest BCUT2D eigenvalue weighted by Crippen LogP contribution is 2.27. The highest BCUT2D eigenvalue weighted by atomic mass is 16.5. The van der Waals surface area contributed by atoms with Crippen LogP contribution in [0.3, 0.4) is 0 Å². The molecular formula is C11H14N2O. The maximum atomic E-state index is 5.31. The molecule has 0 atom stereocenters. The molecule has 0 aliphatic carbocycles. The van der Waals surface area contributed by atoms with Crippen molar-refractivity contribution in [2.75, 3.05) is 31.6 Å². The lowest BCUT2D eigenvalue weighted by molar-refractivity contribution is 0.413. The second kappa shape index (κ2) is 4.33. The lowest BCUT2D eigenvalue weighted by Crippen LogP contribution is -2.37. The van der Waals surface area contributed by atoms with Crippen LogP contribution in [-0.4, -0.2) is 26.7 Å². The molecule has 1 saturated heterocycles. The fourth-order valence-electron chi connectivity index (χ4n) is 1.63. The number of piperazine rings is 1. The van der Waals surface area contributed by atoms with E-state index >= 15 is 0 Å². The lowest BCUT2D eigenvalue weighted by Gasteiger charge is -2.29. The molecule has 1 aromatic rings. The van der Waals surface area contributed by atoms with Crippen LogP contribution in [0.25, 0.3) is 0 Å². The number of hydrogen-bond acceptors (Lipinski definition) is 2. The van der Waals surface area contributed by atoms with Crippen molar-refractivity contribution >= 4 is 5.69 Å². The van der Waals surface area contributed by atoms with E-state index in [1.54, 1.807) is 7.11 Å². The van der Waals surface area contributed by atoms with E-state index in [0.717, 1.165) is 31.1 Å². The topological polar surface area (TPSA) is 26.6 Å². The Morgan fingerprint density at radius 3 is 2.93 bits per heavy atom. The summed E-state index contributed by atoms with van der Waals surface area (Å²) in [6.07, 6.45) is 0. The van der Waals surface area contributed by atoms with Gasteiger partial charge in [-0.2, -0.15) is 0 Å². The zero-order chi connectivity index (χ0) is 9.80. The summed E-state index contributed by atoms with van der Waals surface area (Å²) >= 11 is 0. The number of anilines is 1. The Morgan fingerprint density at radius 1 is 1.36 bits per heavy atom. The molecule has 0 saturated carbocycles. The van der Waals surface area contributed by atoms with Crippen molar-refractivity contribution < 1.29 is 4.74 Å². The number of nitrogens with zero attached hydrogens (tertiary/aromatic N) is 2. The van der Waals surface area contributed by atoms with Gasteiger partial charge >= 0.3 is 0 Å². The first-order valence-electron chi connectivity index (χ1n) is 4.78. The van der Waals surface area contributed by atoms with Crippen LogP contribution in [0.4, 0.5) is 5.69 Å². The van der Waals surface area contributed by atoms with Crippen LogP contribution >= 0.6 is 0 Å². The van der Waals surface area contributed by atoms with Crippen molar-refractivity contribution in [2.24, 2.45) is 0 Å². The van der Waals surface area contributed by atoms with Crippen molar-refractivity contribution in [1.82, 2.24) is 5.32 Å². The predicted octanol–water partition coefficient (Wildman–Crippen LogP) is 1.28. The summed E-state index contributed by atoms with van der Waals surface area (Å²) in [5.41, 5.74) is 1.15. The van der Waals surface area contributed by atoms with Crippen LogP contribution in [-0.2, 0) is 0 Å². The SMILES string of the molecule is COc1ccccc1N1C[CH][N]CC1. The van der Waals surface area contributed by atoms with Crippen LogP contribution in [0.1, 0.15) is 0 Å². The molecular weight excluding hydrogens is 176 g/mol. The first kappa shape index (κ1) is 9.34. The molecule has 1 aromatic carbocycles. The van der Waals surface area contributed by atoms with Gasteiger partial charge < -0.3 is 9.64 Å². The van der Waals surface area contributed by atoms with Crippen LogP contribution in [0.5, 0.6) is 5.75 Å². The number of methoxy groups -OCH3 is 1. The highest BCUT2D eigenvalue weighted by molar-refractivity contribution is 5.58. The Labute approximate surface area is 84.7 Å². The monoisotopic (exact) mass is 190 g/mol. The number of para-hydroxylation sites is 2. The molecule has 2 rings (SSSR count). The molecule has 0 bridgehead atoms. The molecule has 0 aromatic heterocycles. The van der Waals surface area contributed by atoms with Crippen molar-refractivity contribution in [1.29, 1.82) is 0 Å². The van der Waals surface area contributed by atoms with Crippen LogP contribution in [0.15, 0.2) is 24.3 Å². The van der Waals surface area contributed by atoms with E-state index in [1.165, 1.54) is 0 Å². The summed E-state index contributed by atoms with van der Waals surface area (Å²) in [6, 6.07) is 8.09. The van der Waals surface area contributed by atoms with Gasteiger partial charge in [0.2, 0.25) is 0 Å². The third-order valence-corrected chi connectivity index (χ3v) is 2.36. The first-order chi connectivity index (χ1) is 6.92. The van der Waals surface area contributed by atoms with Crippen molar-refractivity contribution in [3.05, 3.63) is 30.8 Å². The van der Waals surface area contributed by atoms with Gasteiger partial charge in [0.25, 0.3) is 0 Å². The van der Waals surface area contributed by atoms with E-state index in [-0.39, 0.29) is 0 Å². The molecule has 74 valence electrons. The molecule has 3 nitrogen and oxygen atoms in total. The summed E-state index contributed by atoms with van der Waals surface area (Å²) in [6.45, 7) is 4.67. The molecule has 1 aliphatic rings. The molecule has 0 N–H and O–H groups in total. The average Bonchev–Trinajstić information content (AvgIpc) is 2.30. The van der Waals surface area contributed by atoms with Gasteiger partial charge in [-0.3, -0.25) is 0 Å². The van der Waals surface area contributed by atoms with Gasteiger partial charge in [0.05, 0.1) is 19.3 Å². The van der Waals surface area contributed by atoms with Gasteiger partial charge in [0.1, 0.15) is 5.75 Å². The maximum absolute atomic E-state index is 5.31. The Kier molecular flexibility index (Phi) is 2.89. The van der Waals surface area contributed by atoms with E-state index in [2.05, 4.69) is 16.3 Å². The zero-order valence-electron chi connectivity index (χ0n) is 8.31. The average molecular weight is 190 g/mol. The highest BCUT2D eigenvalue weighted by Gasteiger charge is 2.14.